The Morgan fingerprint density at radius 3 is 2.83 bits per heavy atom. The van der Waals surface area contributed by atoms with Crippen LogP contribution in [-0.2, 0) is 11.3 Å². The van der Waals surface area contributed by atoms with E-state index < -0.39 is 0 Å². The van der Waals surface area contributed by atoms with Crippen molar-refractivity contribution in [1.29, 1.82) is 0 Å². The second-order valence-electron chi connectivity index (χ2n) is 8.43. The molecule has 30 heavy (non-hydrogen) atoms. The minimum atomic E-state index is -0.0607. The summed E-state index contributed by atoms with van der Waals surface area (Å²) in [7, 11) is 0. The molecule has 6 heteroatoms. The Labute approximate surface area is 187 Å². The Morgan fingerprint density at radius 1 is 1.20 bits per heavy atom. The van der Waals surface area contributed by atoms with Gasteiger partial charge in [-0.15, -0.1) is 11.8 Å². The van der Waals surface area contributed by atoms with Crippen molar-refractivity contribution in [3.63, 3.8) is 0 Å². The van der Waals surface area contributed by atoms with E-state index in [0.717, 1.165) is 29.0 Å². The van der Waals surface area contributed by atoms with E-state index in [9.17, 15) is 9.59 Å². The molecule has 2 aromatic carbocycles. The van der Waals surface area contributed by atoms with E-state index in [4.69, 9.17) is 11.6 Å². The van der Waals surface area contributed by atoms with Crippen LogP contribution in [0.1, 0.15) is 49.0 Å². The monoisotopic (exact) mass is 442 g/mol. The Kier molecular flexibility index (Phi) is 6.40. The van der Waals surface area contributed by atoms with Gasteiger partial charge in [0.05, 0.1) is 18.0 Å². The van der Waals surface area contributed by atoms with Crippen LogP contribution in [0.4, 0.5) is 5.69 Å². The number of nitrogens with zero attached hydrogens (tertiary/aromatic N) is 1. The highest BCUT2D eigenvalue weighted by atomic mass is 35.5. The molecule has 4 rings (SSSR count). The van der Waals surface area contributed by atoms with E-state index in [1.807, 2.05) is 42.5 Å². The average molecular weight is 443 g/mol. The third kappa shape index (κ3) is 4.52. The van der Waals surface area contributed by atoms with Gasteiger partial charge in [-0.05, 0) is 54.2 Å². The molecule has 1 aliphatic heterocycles. The number of halogens is 1. The van der Waals surface area contributed by atoms with Crippen molar-refractivity contribution in [2.45, 2.75) is 50.6 Å². The second kappa shape index (κ2) is 9.03. The summed E-state index contributed by atoms with van der Waals surface area (Å²) in [6, 6.07) is 13.4. The zero-order chi connectivity index (χ0) is 21.3. The molecule has 1 fully saturated rings. The summed E-state index contributed by atoms with van der Waals surface area (Å²) in [5.41, 5.74) is 2.37. The number of anilines is 1. The van der Waals surface area contributed by atoms with Crippen LogP contribution in [0.5, 0.6) is 0 Å². The van der Waals surface area contributed by atoms with Gasteiger partial charge in [0.15, 0.2) is 0 Å². The predicted molar refractivity (Wildman–Crippen MR) is 123 cm³/mol. The zero-order valence-electron chi connectivity index (χ0n) is 17.4. The van der Waals surface area contributed by atoms with Crippen molar-refractivity contribution in [2.75, 3.05) is 10.7 Å². The Hall–Kier alpha value is -1.98. The first-order valence-corrected chi connectivity index (χ1v) is 11.9. The van der Waals surface area contributed by atoms with Gasteiger partial charge in [-0.25, -0.2) is 0 Å². The quantitative estimate of drug-likeness (QED) is 0.676. The highest BCUT2D eigenvalue weighted by molar-refractivity contribution is 8.00. The highest BCUT2D eigenvalue weighted by Gasteiger charge is 2.30. The standard InChI is InChI=1S/C24H27ClN2O2S/c1-15-5-3-8-20(16(15)2)26-24(29)18-9-10-22-21(12-18)27(23(28)14-30-22)13-17-6-4-7-19(25)11-17/h4,6-7,9-12,15-16,20H,3,5,8,13-14H2,1-2H3,(H,26,29)/t15-,16+,20+/m1/s1. The Morgan fingerprint density at radius 2 is 2.03 bits per heavy atom. The van der Waals surface area contributed by atoms with Crippen LogP contribution in [0.15, 0.2) is 47.4 Å². The van der Waals surface area contributed by atoms with Crippen LogP contribution in [0.3, 0.4) is 0 Å². The smallest absolute Gasteiger partial charge is 0.251 e. The molecule has 0 unspecified atom stereocenters. The van der Waals surface area contributed by atoms with Gasteiger partial charge in [0, 0.05) is 21.5 Å². The topological polar surface area (TPSA) is 49.4 Å². The molecule has 2 aromatic rings. The van der Waals surface area contributed by atoms with Crippen molar-refractivity contribution >= 4 is 40.9 Å². The van der Waals surface area contributed by atoms with Gasteiger partial charge in [-0.2, -0.15) is 0 Å². The molecule has 1 saturated carbocycles. The summed E-state index contributed by atoms with van der Waals surface area (Å²) < 4.78 is 0. The lowest BCUT2D eigenvalue weighted by Gasteiger charge is -2.34. The van der Waals surface area contributed by atoms with E-state index in [-0.39, 0.29) is 17.9 Å². The lowest BCUT2D eigenvalue weighted by molar-refractivity contribution is -0.116. The number of nitrogens with one attached hydrogen (secondary N) is 1. The Balaban J connectivity index is 1.57. The molecular weight excluding hydrogens is 416 g/mol. The number of fused-ring (bicyclic) bond motifs is 1. The van der Waals surface area contributed by atoms with Crippen LogP contribution in [0.25, 0.3) is 0 Å². The van der Waals surface area contributed by atoms with Crippen molar-refractivity contribution in [2.24, 2.45) is 11.8 Å². The number of carbonyl (C=O) groups is 2. The van der Waals surface area contributed by atoms with Crippen molar-refractivity contribution < 1.29 is 9.59 Å². The van der Waals surface area contributed by atoms with E-state index >= 15 is 0 Å². The average Bonchev–Trinajstić information content (AvgIpc) is 2.73. The van der Waals surface area contributed by atoms with Crippen molar-refractivity contribution in [3.8, 4) is 0 Å². The molecule has 3 atom stereocenters. The first-order chi connectivity index (χ1) is 14.4. The largest absolute Gasteiger partial charge is 0.349 e. The first kappa shape index (κ1) is 21.3. The van der Waals surface area contributed by atoms with Gasteiger partial charge in [0.2, 0.25) is 5.91 Å². The van der Waals surface area contributed by atoms with E-state index in [1.54, 1.807) is 4.90 Å². The maximum atomic E-state index is 13.0. The molecule has 1 N–H and O–H groups in total. The summed E-state index contributed by atoms with van der Waals surface area (Å²) in [6.07, 6.45) is 3.40. The highest BCUT2D eigenvalue weighted by Crippen LogP contribution is 2.37. The molecule has 1 aliphatic carbocycles. The maximum absolute atomic E-state index is 13.0. The van der Waals surface area contributed by atoms with Gasteiger partial charge in [0.1, 0.15) is 0 Å². The van der Waals surface area contributed by atoms with E-state index in [1.165, 1.54) is 18.2 Å². The number of amides is 2. The number of thioether (sulfide) groups is 1. The zero-order valence-corrected chi connectivity index (χ0v) is 18.9. The molecule has 158 valence electrons. The summed E-state index contributed by atoms with van der Waals surface area (Å²) in [6.45, 7) is 4.93. The molecule has 0 aromatic heterocycles. The van der Waals surface area contributed by atoms with Crippen LogP contribution in [-0.4, -0.2) is 23.6 Å². The molecule has 2 amide bonds. The van der Waals surface area contributed by atoms with Gasteiger partial charge in [0.25, 0.3) is 5.91 Å². The number of benzene rings is 2. The van der Waals surface area contributed by atoms with E-state index in [2.05, 4.69) is 19.2 Å². The molecular formula is C24H27ClN2O2S. The van der Waals surface area contributed by atoms with Gasteiger partial charge >= 0.3 is 0 Å². The SMILES string of the molecule is C[C@H]1[C@H](C)CCC[C@@H]1NC(=O)c1ccc2c(c1)N(Cc1cccc(Cl)c1)C(=O)CS2. The summed E-state index contributed by atoms with van der Waals surface area (Å²) in [5, 5.41) is 3.89. The molecule has 4 nitrogen and oxygen atoms in total. The third-order valence-electron chi connectivity index (χ3n) is 6.42. The predicted octanol–water partition coefficient (Wildman–Crippen LogP) is 5.53. The Bertz CT molecular complexity index is 964. The van der Waals surface area contributed by atoms with Gasteiger partial charge < -0.3 is 10.2 Å². The van der Waals surface area contributed by atoms with Crippen LogP contribution in [0.2, 0.25) is 5.02 Å². The van der Waals surface area contributed by atoms with Crippen LogP contribution < -0.4 is 10.2 Å². The summed E-state index contributed by atoms with van der Waals surface area (Å²) in [5.74, 6) is 1.47. The normalized spacial score (nSPS) is 23.8. The molecule has 2 aliphatic rings. The second-order valence-corrected chi connectivity index (χ2v) is 9.88. The first-order valence-electron chi connectivity index (χ1n) is 10.5. The van der Waals surface area contributed by atoms with Crippen LogP contribution >= 0.6 is 23.4 Å². The van der Waals surface area contributed by atoms with Gasteiger partial charge in [-0.3, -0.25) is 9.59 Å². The fraction of sp³-hybridized carbons (Fsp3) is 0.417. The van der Waals surface area contributed by atoms with Crippen LogP contribution in [0, 0.1) is 11.8 Å². The molecule has 0 spiro atoms. The minimum Gasteiger partial charge on any atom is -0.349 e. The molecule has 1 heterocycles. The summed E-state index contributed by atoms with van der Waals surface area (Å²) >= 11 is 7.64. The number of hydrogen-bond acceptors (Lipinski definition) is 3. The maximum Gasteiger partial charge on any atom is 0.251 e. The number of hydrogen-bond donors (Lipinski definition) is 1. The fourth-order valence-electron chi connectivity index (χ4n) is 4.37. The van der Waals surface area contributed by atoms with Gasteiger partial charge in [-0.1, -0.05) is 50.4 Å². The van der Waals surface area contributed by atoms with Crippen molar-refractivity contribution in [1.82, 2.24) is 5.32 Å². The van der Waals surface area contributed by atoms with Crippen molar-refractivity contribution in [3.05, 3.63) is 58.6 Å². The number of carbonyl (C=O) groups excluding carboxylic acids is 2. The van der Waals surface area contributed by atoms with E-state index in [0.29, 0.717) is 34.7 Å². The number of rotatable bonds is 4. The fourth-order valence-corrected chi connectivity index (χ4v) is 5.50. The minimum absolute atomic E-state index is 0.0414. The third-order valence-corrected chi connectivity index (χ3v) is 7.70. The molecule has 0 radical (unpaired) electrons. The summed E-state index contributed by atoms with van der Waals surface area (Å²) in [4.78, 5) is 28.5. The molecule has 0 saturated heterocycles. The lowest BCUT2D eigenvalue weighted by Crippen LogP contribution is -2.43. The lowest BCUT2D eigenvalue weighted by atomic mass is 9.78. The molecule has 0 bridgehead atoms.